The first-order valence-electron chi connectivity index (χ1n) is 11.2. The predicted octanol–water partition coefficient (Wildman–Crippen LogP) is 1.74. The first-order chi connectivity index (χ1) is 15.3. The number of rotatable bonds is 7. The van der Waals surface area contributed by atoms with Crippen molar-refractivity contribution in [3.63, 3.8) is 0 Å². The van der Waals surface area contributed by atoms with Gasteiger partial charge in [-0.15, -0.1) is 0 Å². The fraction of sp³-hybridized carbons (Fsp3) is 0.636. The minimum absolute atomic E-state index is 0.0278. The zero-order valence-corrected chi connectivity index (χ0v) is 19.1. The van der Waals surface area contributed by atoms with Gasteiger partial charge in [0.2, 0.25) is 10.0 Å². The lowest BCUT2D eigenvalue weighted by Gasteiger charge is -2.28. The smallest absolute Gasteiger partial charge is 0.321 e. The summed E-state index contributed by atoms with van der Waals surface area (Å²) in [4.78, 5) is 24.4. The van der Waals surface area contributed by atoms with Crippen molar-refractivity contribution in [3.05, 3.63) is 24.3 Å². The third kappa shape index (κ3) is 5.24. The van der Waals surface area contributed by atoms with E-state index in [4.69, 9.17) is 9.47 Å². The van der Waals surface area contributed by atoms with Gasteiger partial charge in [0, 0.05) is 19.1 Å². The Balaban J connectivity index is 1.22. The minimum atomic E-state index is -3.58. The van der Waals surface area contributed by atoms with Gasteiger partial charge in [0.1, 0.15) is 5.75 Å². The molecule has 10 heteroatoms. The molecule has 3 amide bonds. The second-order valence-electron chi connectivity index (χ2n) is 8.93. The van der Waals surface area contributed by atoms with E-state index in [1.165, 1.54) is 47.8 Å². The second kappa shape index (κ2) is 9.76. The number of fused-ring (bicyclic) bond motifs is 2. The molecule has 4 rings (SSSR count). The maximum atomic E-state index is 12.6. The summed E-state index contributed by atoms with van der Waals surface area (Å²) in [6.07, 6.45) is 4.95. The molecular weight excluding hydrogens is 434 g/mol. The number of morpholine rings is 1. The van der Waals surface area contributed by atoms with Crippen molar-refractivity contribution in [2.24, 2.45) is 17.8 Å². The molecule has 32 heavy (non-hydrogen) atoms. The topological polar surface area (TPSA) is 114 Å². The van der Waals surface area contributed by atoms with Gasteiger partial charge in [0.15, 0.2) is 6.61 Å². The quantitative estimate of drug-likeness (QED) is 0.634. The Kier molecular flexibility index (Phi) is 7.02. The highest BCUT2D eigenvalue weighted by molar-refractivity contribution is 7.89. The van der Waals surface area contributed by atoms with E-state index in [1.54, 1.807) is 0 Å². The van der Waals surface area contributed by atoms with Crippen LogP contribution in [0.25, 0.3) is 0 Å². The molecule has 9 nitrogen and oxygen atoms in total. The molecule has 0 spiro atoms. The molecule has 2 saturated carbocycles. The SMILES string of the molecule is CC(NC(=O)NC(=O)COc1ccc(S(=O)(=O)N2CCOCC2)cc1)C1CC2CCC1C2. The number of imide groups is 1. The summed E-state index contributed by atoms with van der Waals surface area (Å²) in [6, 6.07) is 5.40. The highest BCUT2D eigenvalue weighted by atomic mass is 32.2. The third-order valence-corrected chi connectivity index (χ3v) is 8.76. The number of benzene rings is 1. The van der Waals surface area contributed by atoms with Crippen molar-refractivity contribution >= 4 is 22.0 Å². The summed E-state index contributed by atoms with van der Waals surface area (Å²) in [6.45, 7) is 3.06. The highest BCUT2D eigenvalue weighted by Crippen LogP contribution is 2.49. The van der Waals surface area contributed by atoms with Crippen LogP contribution in [0.2, 0.25) is 0 Å². The Hall–Kier alpha value is -2.17. The summed E-state index contributed by atoms with van der Waals surface area (Å²) in [5, 5.41) is 5.18. The van der Waals surface area contributed by atoms with Crippen LogP contribution in [0.5, 0.6) is 5.75 Å². The molecule has 3 aliphatic rings. The predicted molar refractivity (Wildman–Crippen MR) is 117 cm³/mol. The molecule has 1 aromatic carbocycles. The first kappa shape index (κ1) is 23.0. The largest absolute Gasteiger partial charge is 0.484 e. The van der Waals surface area contributed by atoms with Crippen molar-refractivity contribution in [1.29, 1.82) is 0 Å². The maximum absolute atomic E-state index is 12.6. The number of urea groups is 1. The lowest BCUT2D eigenvalue weighted by molar-refractivity contribution is -0.122. The molecule has 2 aliphatic carbocycles. The Bertz CT molecular complexity index is 929. The first-order valence-corrected chi connectivity index (χ1v) is 12.7. The molecule has 0 aromatic heterocycles. The zero-order valence-electron chi connectivity index (χ0n) is 18.3. The molecule has 3 fully saturated rings. The van der Waals surface area contributed by atoms with E-state index in [1.807, 2.05) is 6.92 Å². The Labute approximate surface area is 188 Å². The molecule has 4 unspecified atom stereocenters. The molecule has 1 saturated heterocycles. The van der Waals surface area contributed by atoms with E-state index in [2.05, 4.69) is 10.6 Å². The van der Waals surface area contributed by atoms with Crippen molar-refractivity contribution < 1.29 is 27.5 Å². The number of carbonyl (C=O) groups is 2. The van der Waals surface area contributed by atoms with E-state index >= 15 is 0 Å². The average Bonchev–Trinajstić information content (AvgIpc) is 3.42. The Morgan fingerprint density at radius 2 is 1.88 bits per heavy atom. The Morgan fingerprint density at radius 1 is 1.16 bits per heavy atom. The van der Waals surface area contributed by atoms with E-state index in [9.17, 15) is 18.0 Å². The fourth-order valence-corrected chi connectivity index (χ4v) is 6.62. The van der Waals surface area contributed by atoms with Gasteiger partial charge in [-0.2, -0.15) is 4.31 Å². The van der Waals surface area contributed by atoms with Crippen LogP contribution in [-0.2, 0) is 19.6 Å². The van der Waals surface area contributed by atoms with E-state index in [0.29, 0.717) is 43.9 Å². The van der Waals surface area contributed by atoms with Crippen LogP contribution >= 0.6 is 0 Å². The summed E-state index contributed by atoms with van der Waals surface area (Å²) >= 11 is 0. The minimum Gasteiger partial charge on any atom is -0.484 e. The average molecular weight is 466 g/mol. The lowest BCUT2D eigenvalue weighted by Crippen LogP contribution is -2.48. The van der Waals surface area contributed by atoms with Crippen molar-refractivity contribution in [3.8, 4) is 5.75 Å². The van der Waals surface area contributed by atoms with Gasteiger partial charge in [0.25, 0.3) is 5.91 Å². The van der Waals surface area contributed by atoms with Gasteiger partial charge in [-0.05, 0) is 68.2 Å². The molecule has 1 aliphatic heterocycles. The van der Waals surface area contributed by atoms with Gasteiger partial charge in [-0.25, -0.2) is 13.2 Å². The molecule has 2 N–H and O–H groups in total. The number of sulfonamides is 1. The number of ether oxygens (including phenoxy) is 2. The van der Waals surface area contributed by atoms with Gasteiger partial charge in [-0.1, -0.05) is 6.42 Å². The molecular formula is C22H31N3O6S. The lowest BCUT2D eigenvalue weighted by atomic mass is 9.84. The molecule has 176 valence electrons. The molecule has 0 radical (unpaired) electrons. The number of nitrogens with zero attached hydrogens (tertiary/aromatic N) is 1. The van der Waals surface area contributed by atoms with E-state index in [0.717, 1.165) is 12.3 Å². The summed E-state index contributed by atoms with van der Waals surface area (Å²) in [5.74, 6) is 1.74. The number of carbonyl (C=O) groups excluding carboxylic acids is 2. The summed E-state index contributed by atoms with van der Waals surface area (Å²) in [7, 11) is -3.58. The standard InChI is InChI=1S/C22H31N3O6S/c1-15(20-13-16-2-3-17(20)12-16)23-22(27)24-21(26)14-31-18-4-6-19(7-5-18)32(28,29)25-8-10-30-11-9-25/h4-7,15-17,20H,2-3,8-14H2,1H3,(H2,23,24,26,27). The zero-order chi connectivity index (χ0) is 22.7. The number of hydrogen-bond acceptors (Lipinski definition) is 6. The molecule has 1 aromatic rings. The number of hydrogen-bond donors (Lipinski definition) is 2. The summed E-state index contributed by atoms with van der Waals surface area (Å²) in [5.41, 5.74) is 0. The molecule has 4 atom stereocenters. The van der Waals surface area contributed by atoms with Crippen molar-refractivity contribution in [1.82, 2.24) is 14.9 Å². The van der Waals surface area contributed by atoms with Gasteiger partial charge in [-0.3, -0.25) is 10.1 Å². The van der Waals surface area contributed by atoms with Crippen molar-refractivity contribution in [2.75, 3.05) is 32.9 Å². The van der Waals surface area contributed by atoms with Gasteiger partial charge >= 0.3 is 6.03 Å². The Morgan fingerprint density at radius 3 is 2.50 bits per heavy atom. The molecule has 2 bridgehead atoms. The third-order valence-electron chi connectivity index (χ3n) is 6.85. The highest BCUT2D eigenvalue weighted by Gasteiger charge is 2.42. The van der Waals surface area contributed by atoms with Crippen LogP contribution in [0.3, 0.4) is 0 Å². The normalized spacial score (nSPS) is 26.5. The van der Waals surface area contributed by atoms with Crippen molar-refractivity contribution in [2.45, 2.75) is 43.5 Å². The van der Waals surface area contributed by atoms with Crippen LogP contribution in [-0.4, -0.2) is 63.6 Å². The van der Waals surface area contributed by atoms with E-state index < -0.39 is 22.0 Å². The number of amides is 3. The number of nitrogens with one attached hydrogen (secondary N) is 2. The van der Waals surface area contributed by atoms with Crippen LogP contribution in [0.15, 0.2) is 29.2 Å². The summed E-state index contributed by atoms with van der Waals surface area (Å²) < 4.78 is 37.3. The van der Waals surface area contributed by atoms with Crippen LogP contribution < -0.4 is 15.4 Å². The molecule has 1 heterocycles. The fourth-order valence-electron chi connectivity index (χ4n) is 5.21. The van der Waals surface area contributed by atoms with Crippen LogP contribution in [0, 0.1) is 17.8 Å². The second-order valence-corrected chi connectivity index (χ2v) is 10.9. The van der Waals surface area contributed by atoms with Gasteiger partial charge in [0.05, 0.1) is 18.1 Å². The van der Waals surface area contributed by atoms with E-state index in [-0.39, 0.29) is 17.5 Å². The van der Waals surface area contributed by atoms with Crippen LogP contribution in [0.1, 0.15) is 32.6 Å². The van der Waals surface area contributed by atoms with Crippen LogP contribution in [0.4, 0.5) is 4.79 Å². The monoisotopic (exact) mass is 465 g/mol. The maximum Gasteiger partial charge on any atom is 0.321 e. The van der Waals surface area contributed by atoms with Gasteiger partial charge < -0.3 is 14.8 Å².